The Kier molecular flexibility index (Phi) is 4.15. The van der Waals surface area contributed by atoms with Crippen molar-refractivity contribution in [3.63, 3.8) is 0 Å². The lowest BCUT2D eigenvalue weighted by atomic mass is 10.0. The summed E-state index contributed by atoms with van der Waals surface area (Å²) in [4.78, 5) is 15.8. The fraction of sp³-hybridized carbons (Fsp3) is 0.385. The number of benzene rings is 1. The van der Waals surface area contributed by atoms with Crippen molar-refractivity contribution in [1.82, 2.24) is 5.32 Å². The number of nitrogens with one attached hydrogen (secondary N) is 1. The maximum atomic E-state index is 13.3. The SMILES string of the molecule is O=C(CCCC1C=NCN1)c1ccc(F)cc1F. The molecular formula is C13H14F2N2O. The van der Waals surface area contributed by atoms with Gasteiger partial charge in [0.1, 0.15) is 11.6 Å². The Hall–Kier alpha value is -1.62. The Morgan fingerprint density at radius 3 is 2.94 bits per heavy atom. The lowest BCUT2D eigenvalue weighted by Gasteiger charge is -2.07. The summed E-state index contributed by atoms with van der Waals surface area (Å²) in [6.45, 7) is 0.616. The van der Waals surface area contributed by atoms with E-state index in [1.54, 1.807) is 0 Å². The molecule has 1 heterocycles. The first-order chi connectivity index (χ1) is 8.66. The van der Waals surface area contributed by atoms with Crippen LogP contribution in [0, 0.1) is 11.6 Å². The highest BCUT2D eigenvalue weighted by Crippen LogP contribution is 2.14. The third kappa shape index (κ3) is 3.20. The molecule has 0 amide bonds. The molecule has 0 saturated heterocycles. The van der Waals surface area contributed by atoms with Gasteiger partial charge in [0.15, 0.2) is 5.78 Å². The van der Waals surface area contributed by atoms with Gasteiger partial charge in [-0.2, -0.15) is 0 Å². The Bertz CT molecular complexity index is 474. The Morgan fingerprint density at radius 2 is 2.28 bits per heavy atom. The topological polar surface area (TPSA) is 41.5 Å². The van der Waals surface area contributed by atoms with Crippen molar-refractivity contribution in [1.29, 1.82) is 0 Å². The molecule has 2 rings (SSSR count). The van der Waals surface area contributed by atoms with Gasteiger partial charge in [-0.05, 0) is 25.0 Å². The highest BCUT2D eigenvalue weighted by atomic mass is 19.1. The quantitative estimate of drug-likeness (QED) is 0.817. The minimum absolute atomic E-state index is 0.0375. The molecule has 0 aliphatic carbocycles. The molecule has 0 aromatic heterocycles. The number of rotatable bonds is 5. The normalized spacial score (nSPS) is 18.2. The predicted molar refractivity (Wildman–Crippen MR) is 64.8 cm³/mol. The molecule has 1 N–H and O–H groups in total. The predicted octanol–water partition coefficient (Wildman–Crippen LogP) is 2.32. The van der Waals surface area contributed by atoms with E-state index < -0.39 is 11.6 Å². The molecule has 0 radical (unpaired) electrons. The summed E-state index contributed by atoms with van der Waals surface area (Å²) in [7, 11) is 0. The van der Waals surface area contributed by atoms with Crippen molar-refractivity contribution in [2.45, 2.75) is 25.3 Å². The number of carbonyl (C=O) groups excluding carboxylic acids is 1. The summed E-state index contributed by atoms with van der Waals surface area (Å²) in [5, 5.41) is 3.13. The smallest absolute Gasteiger partial charge is 0.165 e. The van der Waals surface area contributed by atoms with E-state index in [1.165, 1.54) is 6.07 Å². The van der Waals surface area contributed by atoms with E-state index in [2.05, 4.69) is 10.3 Å². The van der Waals surface area contributed by atoms with E-state index in [4.69, 9.17) is 0 Å². The van der Waals surface area contributed by atoms with Crippen molar-refractivity contribution in [3.05, 3.63) is 35.4 Å². The zero-order valence-electron chi connectivity index (χ0n) is 9.83. The van der Waals surface area contributed by atoms with Crippen molar-refractivity contribution < 1.29 is 13.6 Å². The summed E-state index contributed by atoms with van der Waals surface area (Å²) in [5.41, 5.74) is -0.0375. The molecule has 5 heteroatoms. The number of carbonyl (C=O) groups is 1. The average molecular weight is 252 g/mol. The Balaban J connectivity index is 1.85. The van der Waals surface area contributed by atoms with Gasteiger partial charge in [-0.1, -0.05) is 0 Å². The molecule has 1 aliphatic rings. The maximum Gasteiger partial charge on any atom is 0.165 e. The van der Waals surface area contributed by atoms with Crippen LogP contribution in [0.4, 0.5) is 8.78 Å². The van der Waals surface area contributed by atoms with Gasteiger partial charge >= 0.3 is 0 Å². The first-order valence-electron chi connectivity index (χ1n) is 5.88. The number of Topliss-reactive ketones (excluding diaryl/α,β-unsaturated/α-hetero) is 1. The lowest BCUT2D eigenvalue weighted by molar-refractivity contribution is 0.0975. The maximum absolute atomic E-state index is 13.3. The second kappa shape index (κ2) is 5.82. The van der Waals surface area contributed by atoms with E-state index in [1.807, 2.05) is 6.21 Å². The molecular weight excluding hydrogens is 238 g/mol. The van der Waals surface area contributed by atoms with Crippen LogP contribution in [0.2, 0.25) is 0 Å². The van der Waals surface area contributed by atoms with E-state index in [-0.39, 0.29) is 23.8 Å². The van der Waals surface area contributed by atoms with E-state index in [0.717, 1.165) is 18.6 Å². The van der Waals surface area contributed by atoms with E-state index in [9.17, 15) is 13.6 Å². The zero-order chi connectivity index (χ0) is 13.0. The van der Waals surface area contributed by atoms with Crippen LogP contribution in [0.1, 0.15) is 29.6 Å². The molecule has 0 saturated carbocycles. The molecule has 1 aliphatic heterocycles. The monoisotopic (exact) mass is 252 g/mol. The first kappa shape index (κ1) is 12.8. The van der Waals surface area contributed by atoms with E-state index in [0.29, 0.717) is 13.1 Å². The average Bonchev–Trinajstić information content (AvgIpc) is 2.81. The Morgan fingerprint density at radius 1 is 1.44 bits per heavy atom. The first-order valence-corrected chi connectivity index (χ1v) is 5.88. The highest BCUT2D eigenvalue weighted by Gasteiger charge is 2.14. The van der Waals surface area contributed by atoms with E-state index >= 15 is 0 Å². The summed E-state index contributed by atoms with van der Waals surface area (Å²) in [6.07, 6.45) is 3.52. The number of aliphatic imine (C=N–C) groups is 1. The molecule has 1 aromatic rings. The van der Waals surface area contributed by atoms with Crippen molar-refractivity contribution in [3.8, 4) is 0 Å². The standard InChI is InChI=1S/C13H14F2N2O/c14-9-4-5-11(12(15)6-9)13(18)3-1-2-10-7-16-8-17-10/h4-7,10,17H,1-3,8H2. The Labute approximate surface area is 104 Å². The van der Waals surface area contributed by atoms with Crippen LogP contribution < -0.4 is 5.32 Å². The number of nitrogens with zero attached hydrogens (tertiary/aromatic N) is 1. The number of ketones is 1. The molecule has 1 aromatic carbocycles. The van der Waals surface area contributed by atoms with Crippen molar-refractivity contribution in [2.24, 2.45) is 4.99 Å². The zero-order valence-corrected chi connectivity index (χ0v) is 9.83. The highest BCUT2D eigenvalue weighted by molar-refractivity contribution is 5.96. The molecule has 18 heavy (non-hydrogen) atoms. The van der Waals surface area contributed by atoms with Gasteiger partial charge in [0.2, 0.25) is 0 Å². The van der Waals surface area contributed by atoms with Crippen LogP contribution in [-0.4, -0.2) is 24.7 Å². The summed E-state index contributed by atoms with van der Waals surface area (Å²) in [5.74, 6) is -1.75. The molecule has 96 valence electrons. The molecule has 3 nitrogen and oxygen atoms in total. The summed E-state index contributed by atoms with van der Waals surface area (Å²) < 4.78 is 26.0. The van der Waals surface area contributed by atoms with Crippen LogP contribution in [0.5, 0.6) is 0 Å². The lowest BCUT2D eigenvalue weighted by Crippen LogP contribution is -2.24. The minimum atomic E-state index is -0.791. The van der Waals surface area contributed by atoms with Crippen LogP contribution in [-0.2, 0) is 0 Å². The summed E-state index contributed by atoms with van der Waals surface area (Å²) >= 11 is 0. The third-order valence-electron chi connectivity index (χ3n) is 2.88. The van der Waals surface area contributed by atoms with Gasteiger partial charge in [0.25, 0.3) is 0 Å². The molecule has 1 unspecified atom stereocenters. The van der Waals surface area contributed by atoms with Gasteiger partial charge in [0.05, 0.1) is 12.2 Å². The molecule has 1 atom stereocenters. The third-order valence-corrected chi connectivity index (χ3v) is 2.88. The number of hydrogen-bond acceptors (Lipinski definition) is 3. The number of hydrogen-bond donors (Lipinski definition) is 1. The second-order valence-electron chi connectivity index (χ2n) is 4.24. The summed E-state index contributed by atoms with van der Waals surface area (Å²) in [6, 6.07) is 3.23. The largest absolute Gasteiger partial charge is 0.294 e. The molecule has 0 fully saturated rings. The van der Waals surface area contributed by atoms with Gasteiger partial charge in [0, 0.05) is 24.7 Å². The molecule has 0 bridgehead atoms. The minimum Gasteiger partial charge on any atom is -0.294 e. The molecule has 0 spiro atoms. The van der Waals surface area contributed by atoms with Crippen molar-refractivity contribution >= 4 is 12.0 Å². The van der Waals surface area contributed by atoms with Crippen LogP contribution in [0.3, 0.4) is 0 Å². The van der Waals surface area contributed by atoms with Crippen LogP contribution in [0.15, 0.2) is 23.2 Å². The van der Waals surface area contributed by atoms with Gasteiger partial charge < -0.3 is 0 Å². The van der Waals surface area contributed by atoms with Crippen LogP contribution in [0.25, 0.3) is 0 Å². The second-order valence-corrected chi connectivity index (χ2v) is 4.24. The fourth-order valence-electron chi connectivity index (χ4n) is 1.91. The van der Waals surface area contributed by atoms with Crippen LogP contribution >= 0.6 is 0 Å². The van der Waals surface area contributed by atoms with Gasteiger partial charge in [-0.15, -0.1) is 0 Å². The number of halogens is 2. The van der Waals surface area contributed by atoms with Gasteiger partial charge in [-0.25, -0.2) is 8.78 Å². The fourth-order valence-corrected chi connectivity index (χ4v) is 1.91. The van der Waals surface area contributed by atoms with Gasteiger partial charge in [-0.3, -0.25) is 15.1 Å². The van der Waals surface area contributed by atoms with Crippen molar-refractivity contribution in [2.75, 3.05) is 6.67 Å².